The second kappa shape index (κ2) is 10.6. The normalized spacial score (nSPS) is 25.8. The van der Waals surface area contributed by atoms with Gasteiger partial charge in [-0.3, -0.25) is 9.59 Å². The maximum absolute atomic E-state index is 14.0. The Hall–Kier alpha value is -2.29. The quantitative estimate of drug-likeness (QED) is 0.308. The number of nitrogens with one attached hydrogen (secondary N) is 1. The molecular weight excluding hydrogens is 638 g/mol. The van der Waals surface area contributed by atoms with Gasteiger partial charge in [0.25, 0.3) is 0 Å². The molecule has 2 amide bonds. The van der Waals surface area contributed by atoms with Crippen LogP contribution < -0.4 is 15.1 Å². The monoisotopic (exact) mass is 667 g/mol. The summed E-state index contributed by atoms with van der Waals surface area (Å²) in [7, 11) is 0. The summed E-state index contributed by atoms with van der Waals surface area (Å²) in [6.45, 7) is 6.78. The van der Waals surface area contributed by atoms with E-state index >= 15 is 0 Å². The van der Waals surface area contributed by atoms with E-state index in [-0.39, 0.29) is 29.6 Å². The third-order valence-electron chi connectivity index (χ3n) is 8.62. The third-order valence-corrected chi connectivity index (χ3v) is 11.5. The van der Waals surface area contributed by atoms with Crippen molar-refractivity contribution in [1.82, 2.24) is 0 Å². The van der Waals surface area contributed by atoms with Crippen molar-refractivity contribution in [2.75, 3.05) is 40.5 Å². The molecule has 0 bridgehead atoms. The van der Waals surface area contributed by atoms with Gasteiger partial charge >= 0.3 is 0 Å². The Balaban J connectivity index is 1.44. The van der Waals surface area contributed by atoms with Crippen LogP contribution in [0.2, 0.25) is 0 Å². The second-order valence-electron chi connectivity index (χ2n) is 10.5. The highest BCUT2D eigenvalue weighted by atomic mass is 79.9. The van der Waals surface area contributed by atoms with Gasteiger partial charge in [0.05, 0.1) is 0 Å². The minimum Gasteiger partial charge on any atom is -0.372 e. The Morgan fingerprint density at radius 2 is 1.72 bits per heavy atom. The number of carbonyl (C=O) groups excluding carboxylic acids is 2. The molecule has 4 atom stereocenters. The van der Waals surface area contributed by atoms with Crippen LogP contribution in [0.25, 0.3) is 0 Å². The van der Waals surface area contributed by atoms with Crippen molar-refractivity contribution >= 4 is 72.5 Å². The molecule has 202 valence electrons. The topological polar surface area (TPSA) is 52.6 Å². The van der Waals surface area contributed by atoms with Gasteiger partial charge in [-0.25, -0.2) is 0 Å². The number of hydrogen-bond donors (Lipinski definition) is 1. The SMILES string of the molecule is CCN(CC)c1ccc(N2C[C@H]3[C@@H](CS[C@]4(C(=O)Nc5cccc(Br)c54)[C@@H]3c3ccc(Br)cc3)CC2=O)cc1. The lowest BCUT2D eigenvalue weighted by Gasteiger charge is -2.52. The van der Waals surface area contributed by atoms with Crippen LogP contribution in [0, 0.1) is 11.8 Å². The first-order valence-corrected chi connectivity index (χ1v) is 16.1. The fourth-order valence-electron chi connectivity index (χ4n) is 6.74. The summed E-state index contributed by atoms with van der Waals surface area (Å²) in [5.74, 6) is 1.19. The zero-order valence-electron chi connectivity index (χ0n) is 22.0. The van der Waals surface area contributed by atoms with E-state index in [1.165, 1.54) is 0 Å². The molecule has 0 radical (unpaired) electrons. The number of amides is 2. The maximum atomic E-state index is 14.0. The summed E-state index contributed by atoms with van der Waals surface area (Å²) in [6.07, 6.45) is 0.489. The summed E-state index contributed by atoms with van der Waals surface area (Å²) in [5.41, 5.74) is 5.12. The number of piperidine rings is 1. The van der Waals surface area contributed by atoms with Gasteiger partial charge in [-0.15, -0.1) is 11.8 Å². The fourth-order valence-corrected chi connectivity index (χ4v) is 9.69. The first-order chi connectivity index (χ1) is 18.9. The molecule has 3 heterocycles. The maximum Gasteiger partial charge on any atom is 0.245 e. The molecule has 3 aromatic carbocycles. The van der Waals surface area contributed by atoms with E-state index in [9.17, 15) is 9.59 Å². The van der Waals surface area contributed by atoms with Gasteiger partial charge in [0.15, 0.2) is 0 Å². The van der Waals surface area contributed by atoms with E-state index in [1.807, 2.05) is 23.1 Å². The predicted molar refractivity (Wildman–Crippen MR) is 168 cm³/mol. The van der Waals surface area contributed by atoms with Crippen molar-refractivity contribution in [2.45, 2.75) is 30.9 Å². The van der Waals surface area contributed by atoms with E-state index in [2.05, 4.69) is 104 Å². The fraction of sp³-hybridized carbons (Fsp3) is 0.355. The van der Waals surface area contributed by atoms with Gasteiger partial charge in [0.2, 0.25) is 11.8 Å². The molecule has 3 aliphatic rings. The van der Waals surface area contributed by atoms with Crippen molar-refractivity contribution in [2.24, 2.45) is 11.8 Å². The summed E-state index contributed by atoms with van der Waals surface area (Å²) < 4.78 is 1.18. The molecule has 2 saturated heterocycles. The Kier molecular flexibility index (Phi) is 7.31. The van der Waals surface area contributed by atoms with E-state index in [1.54, 1.807) is 11.8 Å². The zero-order valence-corrected chi connectivity index (χ0v) is 26.0. The molecule has 8 heteroatoms. The molecule has 1 spiro atoms. The average Bonchev–Trinajstić information content (AvgIpc) is 3.22. The lowest BCUT2D eigenvalue weighted by atomic mass is 9.66. The van der Waals surface area contributed by atoms with Crippen LogP contribution in [0.4, 0.5) is 17.1 Å². The summed E-state index contributed by atoms with van der Waals surface area (Å²) in [4.78, 5) is 31.8. The predicted octanol–water partition coefficient (Wildman–Crippen LogP) is 7.41. The molecule has 0 unspecified atom stereocenters. The minimum atomic E-state index is -0.775. The average molecular weight is 669 g/mol. The molecular formula is C31H31Br2N3O2S. The van der Waals surface area contributed by atoms with Crippen LogP contribution >= 0.6 is 43.6 Å². The van der Waals surface area contributed by atoms with Gasteiger partial charge in [-0.1, -0.05) is 50.1 Å². The third kappa shape index (κ3) is 4.43. The van der Waals surface area contributed by atoms with E-state index < -0.39 is 4.75 Å². The Labute approximate surface area is 251 Å². The molecule has 5 nitrogen and oxygen atoms in total. The zero-order chi connectivity index (χ0) is 27.3. The van der Waals surface area contributed by atoms with Crippen molar-refractivity contribution in [3.63, 3.8) is 0 Å². The smallest absolute Gasteiger partial charge is 0.245 e. The van der Waals surface area contributed by atoms with E-state index in [4.69, 9.17) is 0 Å². The highest BCUT2D eigenvalue weighted by molar-refractivity contribution is 9.10. The Morgan fingerprint density at radius 1 is 1.00 bits per heavy atom. The van der Waals surface area contributed by atoms with E-state index in [0.29, 0.717) is 13.0 Å². The largest absolute Gasteiger partial charge is 0.372 e. The first kappa shape index (κ1) is 26.9. The highest BCUT2D eigenvalue weighted by Crippen LogP contribution is 2.64. The highest BCUT2D eigenvalue weighted by Gasteiger charge is 2.61. The number of thioether (sulfide) groups is 1. The molecule has 0 aromatic heterocycles. The molecule has 0 saturated carbocycles. The molecule has 3 aromatic rings. The molecule has 2 fully saturated rings. The number of anilines is 3. The second-order valence-corrected chi connectivity index (χ2v) is 13.5. The van der Waals surface area contributed by atoms with Crippen molar-refractivity contribution in [3.8, 4) is 0 Å². The standard InChI is InChI=1S/C31H31Br2N3O2S/c1-3-35(4-2)22-12-14-23(15-13-22)36-17-24-20(16-27(36)37)18-39-31(28(24)19-8-10-21(32)11-9-19)29-25(33)6-5-7-26(29)34-30(31)38/h5-15,20,24,28H,3-4,16-18H2,1-2H3,(H,34,38)/t20-,24+,28-,31-/m1/s1. The minimum absolute atomic E-state index is 0.0350. The number of rotatable bonds is 5. The van der Waals surface area contributed by atoms with Crippen molar-refractivity contribution < 1.29 is 9.59 Å². The molecule has 3 aliphatic heterocycles. The van der Waals surface area contributed by atoms with Crippen molar-refractivity contribution in [3.05, 3.63) is 86.8 Å². The van der Waals surface area contributed by atoms with Crippen LogP contribution in [-0.4, -0.2) is 37.2 Å². The van der Waals surface area contributed by atoms with Gasteiger partial charge in [0, 0.05) is 63.5 Å². The Morgan fingerprint density at radius 3 is 2.41 bits per heavy atom. The Bertz CT molecular complexity index is 1410. The summed E-state index contributed by atoms with van der Waals surface area (Å²) >= 11 is 9.09. The molecule has 6 rings (SSSR count). The van der Waals surface area contributed by atoms with Crippen LogP contribution in [0.5, 0.6) is 0 Å². The number of nitrogens with zero attached hydrogens (tertiary/aromatic N) is 2. The number of hydrogen-bond acceptors (Lipinski definition) is 4. The summed E-state index contributed by atoms with van der Waals surface area (Å²) in [6, 6.07) is 22.8. The number of fused-ring (bicyclic) bond motifs is 3. The lowest BCUT2D eigenvalue weighted by Crippen LogP contribution is -2.55. The van der Waals surface area contributed by atoms with Gasteiger partial charge in [-0.2, -0.15) is 0 Å². The van der Waals surface area contributed by atoms with Crippen molar-refractivity contribution in [1.29, 1.82) is 0 Å². The molecule has 39 heavy (non-hydrogen) atoms. The number of halogens is 2. The lowest BCUT2D eigenvalue weighted by molar-refractivity contribution is -0.122. The number of benzene rings is 3. The molecule has 1 N–H and O–H groups in total. The van der Waals surface area contributed by atoms with Gasteiger partial charge < -0.3 is 15.1 Å². The molecule has 0 aliphatic carbocycles. The number of carbonyl (C=O) groups is 2. The van der Waals surface area contributed by atoms with Crippen LogP contribution in [-0.2, 0) is 14.3 Å². The van der Waals surface area contributed by atoms with Gasteiger partial charge in [-0.05, 0) is 85.5 Å². The van der Waals surface area contributed by atoms with E-state index in [0.717, 1.165) is 56.0 Å². The summed E-state index contributed by atoms with van der Waals surface area (Å²) in [5, 5.41) is 3.20. The van der Waals surface area contributed by atoms with Crippen LogP contribution in [0.3, 0.4) is 0 Å². The first-order valence-electron chi connectivity index (χ1n) is 13.5. The van der Waals surface area contributed by atoms with Crippen LogP contribution in [0.1, 0.15) is 37.3 Å². The van der Waals surface area contributed by atoms with Crippen LogP contribution in [0.15, 0.2) is 75.7 Å². The van der Waals surface area contributed by atoms with Gasteiger partial charge in [0.1, 0.15) is 4.75 Å².